The number of carbonyl (C=O) groups is 2. The standard InChI is InChI=1S/C20H18F3N3O3/c21-20(22,23)15-3-1-2-13(8-15)14-9-17-16(24-11-14)10-18(27)26(17)12-19(28)25-4-6-29-7-5-25/h1-3,8-9,11H,4-7,10,12H2. The normalized spacial score (nSPS) is 16.9. The zero-order chi connectivity index (χ0) is 20.6. The van der Waals surface area contributed by atoms with Crippen molar-refractivity contribution < 1.29 is 27.5 Å². The number of rotatable bonds is 3. The summed E-state index contributed by atoms with van der Waals surface area (Å²) in [6.07, 6.45) is -2.93. The summed E-state index contributed by atoms with van der Waals surface area (Å²) >= 11 is 0. The average molecular weight is 405 g/mol. The molecule has 1 aromatic heterocycles. The molecule has 0 radical (unpaired) electrons. The molecule has 152 valence electrons. The fourth-order valence-corrected chi connectivity index (χ4v) is 3.48. The van der Waals surface area contributed by atoms with Gasteiger partial charge in [0.1, 0.15) is 6.54 Å². The molecule has 1 saturated heterocycles. The molecule has 0 atom stereocenters. The van der Waals surface area contributed by atoms with Crippen molar-refractivity contribution in [1.29, 1.82) is 0 Å². The Morgan fingerprint density at radius 1 is 1.14 bits per heavy atom. The van der Waals surface area contributed by atoms with Crippen LogP contribution in [-0.4, -0.2) is 54.5 Å². The first-order valence-corrected chi connectivity index (χ1v) is 9.15. The number of amides is 2. The highest BCUT2D eigenvalue weighted by atomic mass is 19.4. The van der Waals surface area contributed by atoms with Crippen molar-refractivity contribution in [2.45, 2.75) is 12.6 Å². The van der Waals surface area contributed by atoms with Crippen LogP contribution in [0, 0.1) is 0 Å². The number of fused-ring (bicyclic) bond motifs is 1. The van der Waals surface area contributed by atoms with E-state index in [0.717, 1.165) is 12.1 Å². The molecule has 0 spiro atoms. The van der Waals surface area contributed by atoms with Gasteiger partial charge in [-0.15, -0.1) is 0 Å². The van der Waals surface area contributed by atoms with Crippen LogP contribution in [0.4, 0.5) is 18.9 Å². The van der Waals surface area contributed by atoms with Gasteiger partial charge in [-0.3, -0.25) is 14.6 Å². The fourth-order valence-electron chi connectivity index (χ4n) is 3.48. The largest absolute Gasteiger partial charge is 0.416 e. The second-order valence-corrected chi connectivity index (χ2v) is 6.92. The lowest BCUT2D eigenvalue weighted by Crippen LogP contribution is -2.46. The van der Waals surface area contributed by atoms with Crippen LogP contribution in [0.5, 0.6) is 0 Å². The van der Waals surface area contributed by atoms with Crippen molar-refractivity contribution in [2.24, 2.45) is 0 Å². The van der Waals surface area contributed by atoms with Gasteiger partial charge in [-0.05, 0) is 23.8 Å². The minimum atomic E-state index is -4.45. The van der Waals surface area contributed by atoms with Gasteiger partial charge < -0.3 is 14.5 Å². The lowest BCUT2D eigenvalue weighted by atomic mass is 10.0. The summed E-state index contributed by atoms with van der Waals surface area (Å²) in [6.45, 7) is 1.72. The first-order valence-electron chi connectivity index (χ1n) is 9.15. The molecule has 2 aliphatic heterocycles. The van der Waals surface area contributed by atoms with Gasteiger partial charge in [-0.2, -0.15) is 13.2 Å². The van der Waals surface area contributed by atoms with E-state index in [2.05, 4.69) is 4.98 Å². The Labute approximate surface area is 164 Å². The number of anilines is 1. The molecule has 3 heterocycles. The van der Waals surface area contributed by atoms with Crippen LogP contribution >= 0.6 is 0 Å². The topological polar surface area (TPSA) is 62.7 Å². The number of halogens is 3. The van der Waals surface area contributed by atoms with E-state index in [0.29, 0.717) is 48.8 Å². The number of aromatic nitrogens is 1. The highest BCUT2D eigenvalue weighted by molar-refractivity contribution is 6.05. The summed E-state index contributed by atoms with van der Waals surface area (Å²) in [7, 11) is 0. The minimum absolute atomic E-state index is 0.0641. The number of benzene rings is 1. The highest BCUT2D eigenvalue weighted by Gasteiger charge is 2.33. The Hall–Kier alpha value is -2.94. The van der Waals surface area contributed by atoms with Crippen molar-refractivity contribution in [3.63, 3.8) is 0 Å². The van der Waals surface area contributed by atoms with Gasteiger partial charge in [0.2, 0.25) is 11.8 Å². The first-order chi connectivity index (χ1) is 13.8. The SMILES string of the molecule is O=C(CN1C(=O)Cc2ncc(-c3cccc(C(F)(F)F)c3)cc21)N1CCOCC1. The zero-order valence-electron chi connectivity index (χ0n) is 15.4. The fraction of sp³-hybridized carbons (Fsp3) is 0.350. The average Bonchev–Trinajstić information content (AvgIpc) is 3.02. The van der Waals surface area contributed by atoms with Crippen LogP contribution in [-0.2, 0) is 26.9 Å². The molecule has 1 aromatic carbocycles. The predicted molar refractivity (Wildman–Crippen MR) is 98.1 cm³/mol. The second-order valence-electron chi connectivity index (χ2n) is 6.92. The Morgan fingerprint density at radius 3 is 2.62 bits per heavy atom. The zero-order valence-corrected chi connectivity index (χ0v) is 15.4. The quantitative estimate of drug-likeness (QED) is 0.787. The van der Waals surface area contributed by atoms with E-state index in [1.165, 1.54) is 17.2 Å². The molecular weight excluding hydrogens is 387 g/mol. The van der Waals surface area contributed by atoms with E-state index < -0.39 is 11.7 Å². The number of morpholine rings is 1. The van der Waals surface area contributed by atoms with Gasteiger partial charge in [0, 0.05) is 24.8 Å². The van der Waals surface area contributed by atoms with Gasteiger partial charge in [-0.1, -0.05) is 12.1 Å². The molecule has 29 heavy (non-hydrogen) atoms. The van der Waals surface area contributed by atoms with Gasteiger partial charge in [0.25, 0.3) is 0 Å². The molecule has 6 nitrogen and oxygen atoms in total. The molecule has 0 aliphatic carbocycles. The third kappa shape index (κ3) is 3.95. The van der Waals surface area contributed by atoms with E-state index in [1.807, 2.05) is 0 Å². The number of hydrogen-bond donors (Lipinski definition) is 0. The summed E-state index contributed by atoms with van der Waals surface area (Å²) in [6, 6.07) is 6.55. The maximum absolute atomic E-state index is 13.0. The van der Waals surface area contributed by atoms with Gasteiger partial charge in [-0.25, -0.2) is 0 Å². The Bertz CT molecular complexity index is 955. The summed E-state index contributed by atoms with van der Waals surface area (Å²) < 4.78 is 44.3. The van der Waals surface area contributed by atoms with Crippen LogP contribution in [0.1, 0.15) is 11.3 Å². The molecule has 1 fully saturated rings. The van der Waals surface area contributed by atoms with Gasteiger partial charge in [0.15, 0.2) is 0 Å². The number of ether oxygens (including phenoxy) is 1. The monoisotopic (exact) mass is 405 g/mol. The minimum Gasteiger partial charge on any atom is -0.378 e. The van der Waals surface area contributed by atoms with Crippen molar-refractivity contribution >= 4 is 17.5 Å². The van der Waals surface area contributed by atoms with Crippen molar-refractivity contribution in [3.05, 3.63) is 47.8 Å². The van der Waals surface area contributed by atoms with Crippen LogP contribution in [0.3, 0.4) is 0 Å². The molecule has 4 rings (SSSR count). The van der Waals surface area contributed by atoms with E-state index in [-0.39, 0.29) is 24.8 Å². The third-order valence-corrected chi connectivity index (χ3v) is 5.04. The maximum Gasteiger partial charge on any atom is 0.416 e. The second kappa shape index (κ2) is 7.47. The molecule has 2 amide bonds. The number of carbonyl (C=O) groups excluding carboxylic acids is 2. The van der Waals surface area contributed by atoms with Crippen LogP contribution in [0.15, 0.2) is 36.5 Å². The van der Waals surface area contributed by atoms with E-state index >= 15 is 0 Å². The lowest BCUT2D eigenvalue weighted by molar-refractivity contribution is -0.137. The van der Waals surface area contributed by atoms with Crippen LogP contribution in [0.25, 0.3) is 11.1 Å². The Kier molecular flexibility index (Phi) is 4.99. The molecule has 2 aliphatic rings. The Morgan fingerprint density at radius 2 is 1.90 bits per heavy atom. The third-order valence-electron chi connectivity index (χ3n) is 5.04. The Balaban J connectivity index is 1.61. The highest BCUT2D eigenvalue weighted by Crippen LogP contribution is 2.35. The summed E-state index contributed by atoms with van der Waals surface area (Å²) in [4.78, 5) is 32.2. The molecular formula is C20H18F3N3O3. The summed E-state index contributed by atoms with van der Waals surface area (Å²) in [5, 5.41) is 0. The number of nitrogens with zero attached hydrogens (tertiary/aromatic N) is 3. The van der Waals surface area contributed by atoms with Crippen LogP contribution < -0.4 is 4.90 Å². The van der Waals surface area contributed by atoms with E-state index in [1.54, 1.807) is 17.0 Å². The van der Waals surface area contributed by atoms with E-state index in [4.69, 9.17) is 4.74 Å². The molecule has 9 heteroatoms. The van der Waals surface area contributed by atoms with Crippen LogP contribution in [0.2, 0.25) is 0 Å². The van der Waals surface area contributed by atoms with E-state index in [9.17, 15) is 22.8 Å². The number of alkyl halides is 3. The lowest BCUT2D eigenvalue weighted by Gasteiger charge is -2.28. The summed E-state index contributed by atoms with van der Waals surface area (Å²) in [5.74, 6) is -0.450. The molecule has 0 bridgehead atoms. The van der Waals surface area contributed by atoms with Gasteiger partial charge >= 0.3 is 6.18 Å². The smallest absolute Gasteiger partial charge is 0.378 e. The number of pyridine rings is 1. The first kappa shape index (κ1) is 19.4. The summed E-state index contributed by atoms with van der Waals surface area (Å²) in [5.41, 5.74) is 1.01. The maximum atomic E-state index is 13.0. The van der Waals surface area contributed by atoms with Crippen molar-refractivity contribution in [2.75, 3.05) is 37.7 Å². The van der Waals surface area contributed by atoms with Crippen molar-refractivity contribution in [3.8, 4) is 11.1 Å². The molecule has 0 saturated carbocycles. The molecule has 2 aromatic rings. The molecule has 0 unspecified atom stereocenters. The van der Waals surface area contributed by atoms with Gasteiger partial charge in [0.05, 0.1) is 36.6 Å². The predicted octanol–water partition coefficient (Wildman–Crippen LogP) is 2.52. The number of hydrogen-bond acceptors (Lipinski definition) is 4. The molecule has 0 N–H and O–H groups in total. The van der Waals surface area contributed by atoms with Crippen molar-refractivity contribution in [1.82, 2.24) is 9.88 Å².